The second-order valence-electron chi connectivity index (χ2n) is 4.95. The maximum Gasteiger partial charge on any atom is 0.365 e. The molecule has 0 radical (unpaired) electrons. The third-order valence-electron chi connectivity index (χ3n) is 3.39. The third-order valence-corrected chi connectivity index (χ3v) is 3.89. The van der Waals surface area contributed by atoms with E-state index in [1.165, 1.54) is 11.5 Å². The van der Waals surface area contributed by atoms with Crippen LogP contribution in [0.4, 0.5) is 0 Å². The van der Waals surface area contributed by atoms with Gasteiger partial charge in [-0.15, -0.1) is 5.10 Å². The fourth-order valence-corrected chi connectivity index (χ4v) is 2.49. The molecular formula is C17H14N4O3S. The number of benzene rings is 2. The Morgan fingerprint density at radius 1 is 1.08 bits per heavy atom. The van der Waals surface area contributed by atoms with E-state index in [0.29, 0.717) is 16.9 Å². The Bertz CT molecular complexity index is 875. The first kappa shape index (κ1) is 16.6. The van der Waals surface area contributed by atoms with Gasteiger partial charge in [0.2, 0.25) is 0 Å². The molecule has 1 aromatic heterocycles. The van der Waals surface area contributed by atoms with Crippen molar-refractivity contribution in [2.75, 3.05) is 7.11 Å². The van der Waals surface area contributed by atoms with Gasteiger partial charge in [-0.05, 0) is 35.8 Å². The number of nitrogens with two attached hydrogens (primary N) is 1. The molecule has 0 unspecified atom stereocenters. The highest BCUT2D eigenvalue weighted by atomic mass is 32.1. The zero-order chi connectivity index (χ0) is 17.6. The van der Waals surface area contributed by atoms with E-state index < -0.39 is 5.97 Å². The van der Waals surface area contributed by atoms with E-state index in [-0.39, 0.29) is 5.84 Å². The summed E-state index contributed by atoms with van der Waals surface area (Å²) in [6.45, 7) is 0. The van der Waals surface area contributed by atoms with Gasteiger partial charge in [-0.3, -0.25) is 0 Å². The van der Waals surface area contributed by atoms with E-state index in [2.05, 4.69) is 14.7 Å². The van der Waals surface area contributed by atoms with E-state index in [9.17, 15) is 4.79 Å². The van der Waals surface area contributed by atoms with Crippen LogP contribution < -0.4 is 10.5 Å². The van der Waals surface area contributed by atoms with Gasteiger partial charge >= 0.3 is 5.97 Å². The van der Waals surface area contributed by atoms with Gasteiger partial charge in [0.05, 0.1) is 12.7 Å². The Morgan fingerprint density at radius 3 is 2.36 bits per heavy atom. The van der Waals surface area contributed by atoms with E-state index in [0.717, 1.165) is 11.3 Å². The number of aromatic nitrogens is 2. The van der Waals surface area contributed by atoms with Crippen molar-refractivity contribution in [2.24, 2.45) is 10.9 Å². The highest BCUT2D eigenvalue weighted by molar-refractivity contribution is 7.03. The molecule has 0 aliphatic rings. The van der Waals surface area contributed by atoms with Crippen molar-refractivity contribution in [2.45, 2.75) is 0 Å². The highest BCUT2D eigenvalue weighted by Crippen LogP contribution is 2.18. The molecule has 0 spiro atoms. The summed E-state index contributed by atoms with van der Waals surface area (Å²) in [7, 11) is 1.55. The van der Waals surface area contributed by atoms with Crippen LogP contribution in [0.1, 0.15) is 15.9 Å². The Labute approximate surface area is 147 Å². The molecule has 8 heteroatoms. The van der Waals surface area contributed by atoms with Crippen molar-refractivity contribution in [1.29, 1.82) is 0 Å². The van der Waals surface area contributed by atoms with Gasteiger partial charge in [0.15, 0.2) is 5.84 Å². The molecule has 7 nitrogen and oxygen atoms in total. The lowest BCUT2D eigenvalue weighted by atomic mass is 10.1. The molecule has 0 atom stereocenters. The summed E-state index contributed by atoms with van der Waals surface area (Å²) in [6, 6.07) is 13.7. The molecule has 2 aromatic carbocycles. The minimum absolute atomic E-state index is 0.102. The molecule has 0 saturated carbocycles. The average Bonchev–Trinajstić information content (AvgIpc) is 3.21. The van der Waals surface area contributed by atoms with Crippen LogP contribution in [0, 0.1) is 0 Å². The molecule has 1 heterocycles. The van der Waals surface area contributed by atoms with Gasteiger partial charge in [-0.1, -0.05) is 33.9 Å². The molecule has 0 aliphatic heterocycles. The fourth-order valence-electron chi connectivity index (χ4n) is 2.03. The number of hydrogen-bond donors (Lipinski definition) is 1. The van der Waals surface area contributed by atoms with Gasteiger partial charge in [-0.2, -0.15) is 0 Å². The summed E-state index contributed by atoms with van der Waals surface area (Å²) >= 11 is 1.28. The molecule has 0 fully saturated rings. The number of oxime groups is 1. The van der Waals surface area contributed by atoms with E-state index >= 15 is 0 Å². The second-order valence-corrected chi connectivity index (χ2v) is 5.56. The number of methoxy groups -OCH3 is 1. The third kappa shape index (κ3) is 3.99. The molecule has 0 saturated heterocycles. The Morgan fingerprint density at radius 2 is 1.76 bits per heavy atom. The van der Waals surface area contributed by atoms with E-state index in [1.54, 1.807) is 43.5 Å². The summed E-state index contributed by atoms with van der Waals surface area (Å²) in [5, 5.41) is 9.54. The van der Waals surface area contributed by atoms with Crippen LogP contribution in [0.2, 0.25) is 0 Å². The molecule has 25 heavy (non-hydrogen) atoms. The molecule has 3 aromatic rings. The van der Waals surface area contributed by atoms with Gasteiger partial charge in [0, 0.05) is 16.5 Å². The Balaban J connectivity index is 1.67. The van der Waals surface area contributed by atoms with Gasteiger partial charge in [0.1, 0.15) is 11.4 Å². The summed E-state index contributed by atoms with van der Waals surface area (Å²) in [4.78, 5) is 16.8. The lowest BCUT2D eigenvalue weighted by Gasteiger charge is -2.03. The standard InChI is InChI=1S/C17H14N4O3S/c1-23-14-8-6-13(7-9-14)17(22)24-20-16(18)12-4-2-11(3-5-12)15-10-25-21-19-15/h2-10H,1H3,(H2,18,20). The maximum absolute atomic E-state index is 11.9. The van der Waals surface area contributed by atoms with Crippen LogP contribution in [-0.2, 0) is 4.84 Å². The van der Waals surface area contributed by atoms with Crippen molar-refractivity contribution in [3.8, 4) is 17.0 Å². The average molecular weight is 354 g/mol. The summed E-state index contributed by atoms with van der Waals surface area (Å²) in [6.07, 6.45) is 0. The van der Waals surface area contributed by atoms with Gasteiger partial charge in [0.25, 0.3) is 0 Å². The van der Waals surface area contributed by atoms with Crippen molar-refractivity contribution in [3.05, 3.63) is 65.0 Å². The minimum Gasteiger partial charge on any atom is -0.497 e. The van der Waals surface area contributed by atoms with Crippen molar-refractivity contribution in [3.63, 3.8) is 0 Å². The zero-order valence-corrected chi connectivity index (χ0v) is 14.1. The zero-order valence-electron chi connectivity index (χ0n) is 13.2. The van der Waals surface area contributed by atoms with Crippen molar-refractivity contribution in [1.82, 2.24) is 9.59 Å². The molecule has 0 aliphatic carbocycles. The summed E-state index contributed by atoms with van der Waals surface area (Å²) in [5.41, 5.74) is 8.55. The normalized spacial score (nSPS) is 11.2. The Kier molecular flexibility index (Phi) is 5.00. The number of ether oxygens (including phenoxy) is 1. The van der Waals surface area contributed by atoms with Crippen LogP contribution in [0.5, 0.6) is 5.75 Å². The molecular weight excluding hydrogens is 340 g/mol. The highest BCUT2D eigenvalue weighted by Gasteiger charge is 2.09. The first-order valence-corrected chi connectivity index (χ1v) is 8.08. The monoisotopic (exact) mass is 354 g/mol. The van der Waals surface area contributed by atoms with Crippen LogP contribution >= 0.6 is 11.5 Å². The van der Waals surface area contributed by atoms with Gasteiger partial charge in [-0.25, -0.2) is 4.79 Å². The van der Waals surface area contributed by atoms with E-state index in [4.69, 9.17) is 15.3 Å². The predicted molar refractivity (Wildman–Crippen MR) is 94.5 cm³/mol. The Hall–Kier alpha value is -3.26. The number of nitrogens with zero attached hydrogens (tertiary/aromatic N) is 3. The SMILES string of the molecule is COc1ccc(C(=O)O/N=C(\N)c2ccc(-c3csnn3)cc2)cc1. The van der Waals surface area contributed by atoms with Crippen molar-refractivity contribution < 1.29 is 14.4 Å². The fraction of sp³-hybridized carbons (Fsp3) is 0.0588. The second kappa shape index (κ2) is 7.54. The number of carbonyl (C=O) groups excluding carboxylic acids is 1. The number of hydrogen-bond acceptors (Lipinski definition) is 7. The molecule has 3 rings (SSSR count). The lowest BCUT2D eigenvalue weighted by molar-refractivity contribution is 0.0516. The number of amidine groups is 1. The molecule has 126 valence electrons. The van der Waals surface area contributed by atoms with Crippen LogP contribution in [0.3, 0.4) is 0 Å². The molecule has 0 bridgehead atoms. The quantitative estimate of drug-likeness (QED) is 0.327. The van der Waals surface area contributed by atoms with E-state index in [1.807, 2.05) is 17.5 Å². The maximum atomic E-state index is 11.9. The van der Waals surface area contributed by atoms with Crippen molar-refractivity contribution >= 4 is 23.3 Å². The topological polar surface area (TPSA) is 99.7 Å². The summed E-state index contributed by atoms with van der Waals surface area (Å²) in [5.74, 6) is 0.149. The number of carbonyl (C=O) groups is 1. The van der Waals surface area contributed by atoms with Crippen LogP contribution in [-0.4, -0.2) is 28.5 Å². The lowest BCUT2D eigenvalue weighted by Crippen LogP contribution is -2.15. The smallest absolute Gasteiger partial charge is 0.365 e. The van der Waals surface area contributed by atoms with Gasteiger partial charge < -0.3 is 15.3 Å². The predicted octanol–water partition coefficient (Wildman–Crippen LogP) is 2.69. The summed E-state index contributed by atoms with van der Waals surface area (Å²) < 4.78 is 8.86. The minimum atomic E-state index is -0.601. The first-order valence-electron chi connectivity index (χ1n) is 7.24. The molecule has 2 N–H and O–H groups in total. The number of rotatable bonds is 5. The van der Waals surface area contributed by atoms with Crippen LogP contribution in [0.15, 0.2) is 59.1 Å². The first-order chi connectivity index (χ1) is 12.2. The largest absolute Gasteiger partial charge is 0.497 e. The molecule has 0 amide bonds. The van der Waals surface area contributed by atoms with Crippen LogP contribution in [0.25, 0.3) is 11.3 Å².